The van der Waals surface area contributed by atoms with E-state index in [4.69, 9.17) is 9.47 Å². The van der Waals surface area contributed by atoms with E-state index in [1.807, 2.05) is 60.7 Å². The highest BCUT2D eigenvalue weighted by atomic mass is 19.4. The largest absolute Gasteiger partial charge is 0.488 e. The molecule has 2 N–H and O–H groups in total. The number of ether oxygens (including phenoxy) is 2. The third-order valence-corrected chi connectivity index (χ3v) is 6.99. The first-order valence-corrected chi connectivity index (χ1v) is 14.4. The number of rotatable bonds is 12. The number of esters is 1. The lowest BCUT2D eigenvalue weighted by molar-refractivity contribution is -0.142. The van der Waals surface area contributed by atoms with Gasteiger partial charge in [-0.25, -0.2) is 4.79 Å². The SMILES string of the molecule is CCOC(=O)Cc1ccc(OCc2ccccc2)c(-c2ccc(C(F)(F)F)cc2C(CC)NC(=O)NCc2ccccc2)c1. The number of amides is 2. The molecular formula is C35H35F3N2O4. The Balaban J connectivity index is 1.74. The summed E-state index contributed by atoms with van der Waals surface area (Å²) in [6.07, 6.45) is -4.30. The second kappa shape index (κ2) is 15.1. The Kier molecular flexibility index (Phi) is 11.0. The zero-order chi connectivity index (χ0) is 31.5. The molecule has 6 nitrogen and oxygen atoms in total. The molecule has 1 unspecified atom stereocenters. The summed E-state index contributed by atoms with van der Waals surface area (Å²) in [7, 11) is 0. The van der Waals surface area contributed by atoms with Crippen molar-refractivity contribution < 1.29 is 32.2 Å². The van der Waals surface area contributed by atoms with Crippen molar-refractivity contribution in [1.82, 2.24) is 10.6 Å². The summed E-state index contributed by atoms with van der Waals surface area (Å²) >= 11 is 0. The van der Waals surface area contributed by atoms with Crippen molar-refractivity contribution in [1.29, 1.82) is 0 Å². The molecule has 0 fully saturated rings. The van der Waals surface area contributed by atoms with E-state index in [2.05, 4.69) is 10.6 Å². The molecule has 0 radical (unpaired) electrons. The lowest BCUT2D eigenvalue weighted by Crippen LogP contribution is -2.37. The molecule has 9 heteroatoms. The van der Waals surface area contributed by atoms with Crippen LogP contribution in [0.25, 0.3) is 11.1 Å². The third-order valence-electron chi connectivity index (χ3n) is 6.99. The molecule has 4 rings (SSSR count). The summed E-state index contributed by atoms with van der Waals surface area (Å²) in [5, 5.41) is 5.63. The maximum absolute atomic E-state index is 13.9. The molecule has 0 aliphatic heterocycles. The van der Waals surface area contributed by atoms with Gasteiger partial charge in [0.05, 0.1) is 24.6 Å². The van der Waals surface area contributed by atoms with Gasteiger partial charge in [-0.3, -0.25) is 4.79 Å². The highest BCUT2D eigenvalue weighted by Crippen LogP contribution is 2.40. The number of carbonyl (C=O) groups excluding carboxylic acids is 2. The summed E-state index contributed by atoms with van der Waals surface area (Å²) in [6.45, 7) is 4.20. The van der Waals surface area contributed by atoms with E-state index in [1.54, 1.807) is 32.0 Å². The van der Waals surface area contributed by atoms with Crippen LogP contribution in [-0.4, -0.2) is 18.6 Å². The monoisotopic (exact) mass is 604 g/mol. The van der Waals surface area contributed by atoms with Crippen LogP contribution in [0.4, 0.5) is 18.0 Å². The number of nitrogens with one attached hydrogen (secondary N) is 2. The van der Waals surface area contributed by atoms with Crippen LogP contribution in [0, 0.1) is 0 Å². The Morgan fingerprint density at radius 1 is 0.795 bits per heavy atom. The second-order valence-electron chi connectivity index (χ2n) is 10.2. The fourth-order valence-electron chi connectivity index (χ4n) is 4.80. The predicted molar refractivity (Wildman–Crippen MR) is 163 cm³/mol. The van der Waals surface area contributed by atoms with Crippen molar-refractivity contribution in [2.24, 2.45) is 0 Å². The van der Waals surface area contributed by atoms with E-state index in [9.17, 15) is 22.8 Å². The Labute approximate surface area is 255 Å². The molecule has 0 aromatic heterocycles. The minimum absolute atomic E-state index is 0.0207. The van der Waals surface area contributed by atoms with E-state index in [1.165, 1.54) is 6.07 Å². The van der Waals surface area contributed by atoms with Gasteiger partial charge >= 0.3 is 18.2 Å². The Morgan fingerprint density at radius 2 is 1.48 bits per heavy atom. The van der Waals surface area contributed by atoms with E-state index in [0.717, 1.165) is 23.3 Å². The van der Waals surface area contributed by atoms with Crippen molar-refractivity contribution in [3.05, 3.63) is 125 Å². The topological polar surface area (TPSA) is 76.7 Å². The first kappa shape index (κ1) is 32.1. The zero-order valence-corrected chi connectivity index (χ0v) is 24.6. The van der Waals surface area contributed by atoms with Crippen molar-refractivity contribution in [3.8, 4) is 16.9 Å². The van der Waals surface area contributed by atoms with Crippen molar-refractivity contribution >= 4 is 12.0 Å². The fourth-order valence-corrected chi connectivity index (χ4v) is 4.80. The Morgan fingerprint density at radius 3 is 2.11 bits per heavy atom. The van der Waals surface area contributed by atoms with Gasteiger partial charge in [-0.15, -0.1) is 0 Å². The van der Waals surface area contributed by atoms with Gasteiger partial charge in [0.15, 0.2) is 0 Å². The molecule has 0 aliphatic carbocycles. The van der Waals surface area contributed by atoms with Gasteiger partial charge in [0.25, 0.3) is 0 Å². The average molecular weight is 605 g/mol. The summed E-state index contributed by atoms with van der Waals surface area (Å²) < 4.78 is 53.1. The summed E-state index contributed by atoms with van der Waals surface area (Å²) in [4.78, 5) is 25.2. The van der Waals surface area contributed by atoms with Gasteiger partial charge in [0.1, 0.15) is 12.4 Å². The predicted octanol–water partition coefficient (Wildman–Crippen LogP) is 8.01. The molecule has 44 heavy (non-hydrogen) atoms. The molecule has 0 saturated heterocycles. The van der Waals surface area contributed by atoms with Crippen molar-refractivity contribution in [3.63, 3.8) is 0 Å². The maximum atomic E-state index is 13.9. The molecular weight excluding hydrogens is 569 g/mol. The number of alkyl halides is 3. The number of carbonyl (C=O) groups is 2. The molecule has 0 bridgehead atoms. The number of urea groups is 1. The molecule has 2 amide bonds. The molecule has 1 atom stereocenters. The van der Waals surface area contributed by atoms with Gasteiger partial charge in [0.2, 0.25) is 0 Å². The summed E-state index contributed by atoms with van der Waals surface area (Å²) in [5.74, 6) is -0.00177. The van der Waals surface area contributed by atoms with Crippen LogP contribution < -0.4 is 15.4 Å². The molecule has 0 spiro atoms. The van der Waals surface area contributed by atoms with Gasteiger partial charge in [0, 0.05) is 12.1 Å². The lowest BCUT2D eigenvalue weighted by atomic mass is 9.90. The molecule has 4 aromatic rings. The number of hydrogen-bond acceptors (Lipinski definition) is 4. The Hall–Kier alpha value is -4.79. The van der Waals surface area contributed by atoms with Gasteiger partial charge in [-0.1, -0.05) is 79.7 Å². The molecule has 0 saturated carbocycles. The highest BCUT2D eigenvalue weighted by molar-refractivity contribution is 5.79. The highest BCUT2D eigenvalue weighted by Gasteiger charge is 2.32. The van der Waals surface area contributed by atoms with Crippen LogP contribution in [0.5, 0.6) is 5.75 Å². The first-order chi connectivity index (χ1) is 21.2. The second-order valence-corrected chi connectivity index (χ2v) is 10.2. The van der Waals surface area contributed by atoms with Gasteiger partial charge in [-0.2, -0.15) is 13.2 Å². The quantitative estimate of drug-likeness (QED) is 0.161. The van der Waals surface area contributed by atoms with Crippen LogP contribution in [0.2, 0.25) is 0 Å². The molecule has 0 aliphatic rings. The maximum Gasteiger partial charge on any atom is 0.416 e. The van der Waals surface area contributed by atoms with Gasteiger partial charge < -0.3 is 20.1 Å². The van der Waals surface area contributed by atoms with Gasteiger partial charge in [-0.05, 0) is 65.4 Å². The van der Waals surface area contributed by atoms with Crippen LogP contribution in [0.15, 0.2) is 97.1 Å². The smallest absolute Gasteiger partial charge is 0.416 e. The van der Waals surface area contributed by atoms with E-state index in [0.29, 0.717) is 28.9 Å². The van der Waals surface area contributed by atoms with E-state index in [-0.39, 0.29) is 31.7 Å². The standard InChI is InChI=1S/C35H35F3N2O4/c1-3-31(40-34(42)39-22-24-11-7-5-8-12-24)29-21-27(35(36,37)38)16-17-28(29)30-19-26(20-33(41)43-4-2)15-18-32(30)44-23-25-13-9-6-10-14-25/h5-19,21,31H,3-4,20,22-23H2,1-2H3,(H2,39,40,42). The number of halogens is 3. The normalized spacial score (nSPS) is 11.8. The number of benzene rings is 4. The van der Waals surface area contributed by atoms with Crippen LogP contribution in [0.3, 0.4) is 0 Å². The van der Waals surface area contributed by atoms with Crippen molar-refractivity contribution in [2.45, 2.75) is 52.1 Å². The van der Waals surface area contributed by atoms with Crippen LogP contribution >= 0.6 is 0 Å². The molecule has 0 heterocycles. The Bertz CT molecular complexity index is 1540. The molecule has 230 valence electrons. The summed E-state index contributed by atoms with van der Waals surface area (Å²) in [5.41, 5.74) is 2.78. The fraction of sp³-hybridized carbons (Fsp3) is 0.257. The number of hydrogen-bond donors (Lipinski definition) is 2. The van der Waals surface area contributed by atoms with E-state index >= 15 is 0 Å². The minimum Gasteiger partial charge on any atom is -0.488 e. The zero-order valence-electron chi connectivity index (χ0n) is 24.6. The molecule has 4 aromatic carbocycles. The summed E-state index contributed by atoms with van der Waals surface area (Å²) in [6, 6.07) is 26.1. The first-order valence-electron chi connectivity index (χ1n) is 14.4. The average Bonchev–Trinajstić information content (AvgIpc) is 3.02. The lowest BCUT2D eigenvalue weighted by Gasteiger charge is -2.24. The third kappa shape index (κ3) is 8.86. The van der Waals surface area contributed by atoms with Crippen molar-refractivity contribution in [2.75, 3.05) is 6.61 Å². The minimum atomic E-state index is -4.60. The van der Waals surface area contributed by atoms with Crippen LogP contribution in [-0.2, 0) is 35.3 Å². The van der Waals surface area contributed by atoms with Crippen LogP contribution in [0.1, 0.15) is 54.1 Å². The van der Waals surface area contributed by atoms with E-state index < -0.39 is 29.8 Å².